The van der Waals surface area contributed by atoms with Crippen LogP contribution in [0, 0.1) is 0 Å². The predicted octanol–water partition coefficient (Wildman–Crippen LogP) is 0.578. The molecule has 0 radical (unpaired) electrons. The minimum Gasteiger partial charge on any atom is -0.390 e. The molecule has 0 bridgehead atoms. The third kappa shape index (κ3) is 6.17. The third-order valence-electron chi connectivity index (χ3n) is 2.98. The van der Waals surface area contributed by atoms with Crippen LogP contribution in [0.15, 0.2) is 12.2 Å². The van der Waals surface area contributed by atoms with Crippen molar-refractivity contribution in [1.29, 1.82) is 0 Å². The highest BCUT2D eigenvalue weighted by molar-refractivity contribution is 4.92. The fourth-order valence-corrected chi connectivity index (χ4v) is 2.12. The summed E-state index contributed by atoms with van der Waals surface area (Å²) < 4.78 is 5.29. The highest BCUT2D eigenvalue weighted by Gasteiger charge is 2.16. The van der Waals surface area contributed by atoms with E-state index in [4.69, 9.17) is 4.74 Å². The van der Waals surface area contributed by atoms with Gasteiger partial charge in [-0.25, -0.2) is 0 Å². The summed E-state index contributed by atoms with van der Waals surface area (Å²) in [6.07, 6.45) is -0.285. The van der Waals surface area contributed by atoms with Crippen LogP contribution in [0.25, 0.3) is 0 Å². The Balaban J connectivity index is 2.25. The van der Waals surface area contributed by atoms with Crippen LogP contribution in [-0.2, 0) is 4.74 Å². The van der Waals surface area contributed by atoms with Gasteiger partial charge in [-0.05, 0) is 13.5 Å². The number of rotatable bonds is 7. The Bertz CT molecular complexity index is 227. The molecule has 17 heavy (non-hydrogen) atoms. The molecule has 0 aliphatic carbocycles. The second-order valence-electron chi connectivity index (χ2n) is 4.85. The van der Waals surface area contributed by atoms with E-state index in [2.05, 4.69) is 23.3 Å². The van der Waals surface area contributed by atoms with Crippen molar-refractivity contribution in [2.75, 3.05) is 52.5 Å². The van der Waals surface area contributed by atoms with Gasteiger partial charge in [0.25, 0.3) is 0 Å². The number of hydrogen-bond acceptors (Lipinski definition) is 4. The van der Waals surface area contributed by atoms with Crippen LogP contribution in [0.1, 0.15) is 13.8 Å². The van der Waals surface area contributed by atoms with E-state index in [-0.39, 0.29) is 6.10 Å². The zero-order valence-electron chi connectivity index (χ0n) is 11.2. The van der Waals surface area contributed by atoms with Crippen molar-refractivity contribution in [3.05, 3.63) is 12.2 Å². The van der Waals surface area contributed by atoms with Gasteiger partial charge >= 0.3 is 0 Å². The number of aliphatic hydroxyl groups excluding tert-OH is 1. The summed E-state index contributed by atoms with van der Waals surface area (Å²) >= 11 is 0. The number of nitrogens with zero attached hydrogens (tertiary/aromatic N) is 2. The summed E-state index contributed by atoms with van der Waals surface area (Å²) in [6, 6.07) is 0. The van der Waals surface area contributed by atoms with Crippen LogP contribution in [0.2, 0.25) is 0 Å². The summed E-state index contributed by atoms with van der Waals surface area (Å²) in [5.41, 5.74) is 1.14. The average molecular weight is 242 g/mol. The van der Waals surface area contributed by atoms with Gasteiger partial charge in [-0.1, -0.05) is 19.1 Å². The van der Waals surface area contributed by atoms with Gasteiger partial charge in [0.1, 0.15) is 0 Å². The van der Waals surface area contributed by atoms with Gasteiger partial charge in [0.15, 0.2) is 0 Å². The second-order valence-corrected chi connectivity index (χ2v) is 4.85. The predicted molar refractivity (Wildman–Crippen MR) is 70.2 cm³/mol. The Labute approximate surface area is 105 Å². The summed E-state index contributed by atoms with van der Waals surface area (Å²) in [6.45, 7) is 14.8. The van der Waals surface area contributed by atoms with Crippen molar-refractivity contribution in [2.45, 2.75) is 20.0 Å². The average Bonchev–Trinajstić information content (AvgIpc) is 2.28. The van der Waals surface area contributed by atoms with Gasteiger partial charge in [0.05, 0.1) is 19.3 Å². The van der Waals surface area contributed by atoms with Crippen LogP contribution in [0.5, 0.6) is 0 Å². The van der Waals surface area contributed by atoms with E-state index in [1.54, 1.807) is 0 Å². The molecule has 1 aliphatic rings. The molecule has 0 aromatic rings. The Hall–Kier alpha value is -0.420. The standard InChI is InChI=1S/C13H26N2O2/c1-4-14(9-12(2)3)10-13(16)11-15-5-7-17-8-6-15/h13,16H,2,4-11H2,1,3H3. The van der Waals surface area contributed by atoms with Gasteiger partial charge in [0.2, 0.25) is 0 Å². The highest BCUT2D eigenvalue weighted by Crippen LogP contribution is 2.02. The first-order valence-electron chi connectivity index (χ1n) is 6.46. The fourth-order valence-electron chi connectivity index (χ4n) is 2.12. The number of aliphatic hydroxyl groups is 1. The van der Waals surface area contributed by atoms with Gasteiger partial charge in [-0.3, -0.25) is 9.80 Å². The van der Waals surface area contributed by atoms with E-state index >= 15 is 0 Å². The quantitative estimate of drug-likeness (QED) is 0.662. The van der Waals surface area contributed by atoms with E-state index in [1.807, 2.05) is 6.92 Å². The first-order chi connectivity index (χ1) is 8.11. The van der Waals surface area contributed by atoms with Gasteiger partial charge < -0.3 is 9.84 Å². The molecular formula is C13H26N2O2. The van der Waals surface area contributed by atoms with Crippen molar-refractivity contribution in [2.24, 2.45) is 0 Å². The Morgan fingerprint density at radius 1 is 1.47 bits per heavy atom. The molecule has 1 unspecified atom stereocenters. The lowest BCUT2D eigenvalue weighted by atomic mass is 10.2. The lowest BCUT2D eigenvalue weighted by Gasteiger charge is -2.30. The summed E-state index contributed by atoms with van der Waals surface area (Å²) in [5.74, 6) is 0. The van der Waals surface area contributed by atoms with Crippen LogP contribution in [-0.4, -0.2) is 73.5 Å². The van der Waals surface area contributed by atoms with E-state index in [9.17, 15) is 5.11 Å². The largest absolute Gasteiger partial charge is 0.390 e. The molecule has 100 valence electrons. The maximum atomic E-state index is 10.1. The summed E-state index contributed by atoms with van der Waals surface area (Å²) in [5, 5.41) is 10.1. The summed E-state index contributed by atoms with van der Waals surface area (Å²) in [4.78, 5) is 4.50. The van der Waals surface area contributed by atoms with Gasteiger partial charge in [-0.2, -0.15) is 0 Å². The molecule has 1 heterocycles. The number of ether oxygens (including phenoxy) is 1. The fraction of sp³-hybridized carbons (Fsp3) is 0.846. The molecule has 1 atom stereocenters. The molecule has 4 nitrogen and oxygen atoms in total. The van der Waals surface area contributed by atoms with Crippen molar-refractivity contribution in [1.82, 2.24) is 9.80 Å². The first kappa shape index (κ1) is 14.6. The van der Waals surface area contributed by atoms with Gasteiger partial charge in [0, 0.05) is 32.7 Å². The number of hydrogen-bond donors (Lipinski definition) is 1. The molecule has 0 amide bonds. The second kappa shape index (κ2) is 7.82. The van der Waals surface area contributed by atoms with E-state index in [0.717, 1.165) is 58.1 Å². The molecular weight excluding hydrogens is 216 g/mol. The maximum Gasteiger partial charge on any atom is 0.0793 e. The first-order valence-corrected chi connectivity index (χ1v) is 6.46. The molecule has 0 aromatic carbocycles. The summed E-state index contributed by atoms with van der Waals surface area (Å²) in [7, 11) is 0. The highest BCUT2D eigenvalue weighted by atomic mass is 16.5. The molecule has 1 rings (SSSR count). The number of β-amino-alcohol motifs (C(OH)–C–C–N with tert-alkyl or cyclic N) is 1. The topological polar surface area (TPSA) is 35.9 Å². The minimum atomic E-state index is -0.285. The normalized spacial score (nSPS) is 19.5. The molecule has 1 N–H and O–H groups in total. The molecule has 0 saturated carbocycles. The van der Waals surface area contributed by atoms with E-state index < -0.39 is 0 Å². The monoisotopic (exact) mass is 242 g/mol. The third-order valence-corrected chi connectivity index (χ3v) is 2.98. The number of morpholine rings is 1. The van der Waals surface area contributed by atoms with Crippen LogP contribution in [0.4, 0.5) is 0 Å². The SMILES string of the molecule is C=C(C)CN(CC)CC(O)CN1CCOCC1. The molecule has 1 saturated heterocycles. The smallest absolute Gasteiger partial charge is 0.0793 e. The van der Waals surface area contributed by atoms with Crippen LogP contribution >= 0.6 is 0 Å². The Kier molecular flexibility index (Phi) is 6.73. The van der Waals surface area contributed by atoms with Crippen LogP contribution < -0.4 is 0 Å². The maximum absolute atomic E-state index is 10.1. The van der Waals surface area contributed by atoms with Crippen molar-refractivity contribution >= 4 is 0 Å². The van der Waals surface area contributed by atoms with E-state index in [0.29, 0.717) is 0 Å². The molecule has 1 fully saturated rings. The molecule has 4 heteroatoms. The van der Waals surface area contributed by atoms with Crippen molar-refractivity contribution in [3.63, 3.8) is 0 Å². The molecule has 0 aromatic heterocycles. The Morgan fingerprint density at radius 3 is 2.65 bits per heavy atom. The van der Waals surface area contributed by atoms with Crippen molar-refractivity contribution < 1.29 is 9.84 Å². The minimum absolute atomic E-state index is 0.285. The lowest BCUT2D eigenvalue weighted by molar-refractivity contribution is 0.00793. The van der Waals surface area contributed by atoms with Crippen LogP contribution in [0.3, 0.4) is 0 Å². The Morgan fingerprint density at radius 2 is 2.12 bits per heavy atom. The van der Waals surface area contributed by atoms with E-state index in [1.165, 1.54) is 0 Å². The zero-order valence-corrected chi connectivity index (χ0v) is 11.2. The molecule has 1 aliphatic heterocycles. The van der Waals surface area contributed by atoms with Gasteiger partial charge in [-0.15, -0.1) is 0 Å². The van der Waals surface area contributed by atoms with Crippen molar-refractivity contribution in [3.8, 4) is 0 Å². The number of likely N-dealkylation sites (N-methyl/N-ethyl adjacent to an activating group) is 1. The zero-order chi connectivity index (χ0) is 12.7. The molecule has 0 spiro atoms. The lowest BCUT2D eigenvalue weighted by Crippen LogP contribution is -2.44.